The van der Waals surface area contributed by atoms with E-state index in [1.165, 1.54) is 0 Å². The number of hydrogen-bond acceptors (Lipinski definition) is 3. The molecule has 0 radical (unpaired) electrons. The van der Waals surface area contributed by atoms with Gasteiger partial charge in [0.15, 0.2) is 0 Å². The summed E-state index contributed by atoms with van der Waals surface area (Å²) in [6, 6.07) is -0.589. The summed E-state index contributed by atoms with van der Waals surface area (Å²) in [6.45, 7) is 4.09. The number of nitrogens with one attached hydrogen (secondary N) is 1. The van der Waals surface area contributed by atoms with Crippen LogP contribution in [0.25, 0.3) is 0 Å². The number of piperazine rings is 1. The molecule has 3 fully saturated rings. The molecule has 0 aromatic rings. The largest absolute Gasteiger partial charge is 0.381 e. The van der Waals surface area contributed by atoms with Gasteiger partial charge < -0.3 is 15.0 Å². The van der Waals surface area contributed by atoms with Gasteiger partial charge in [-0.05, 0) is 44.4 Å². The predicted octanol–water partition coefficient (Wildman–Crippen LogP) is 0.538. The molecule has 3 aliphatic rings. The molecule has 2 unspecified atom stereocenters. The van der Waals surface area contributed by atoms with E-state index < -0.39 is 0 Å². The summed E-state index contributed by atoms with van der Waals surface area (Å²) >= 11 is 0. The fourth-order valence-electron chi connectivity index (χ4n) is 3.05. The van der Waals surface area contributed by atoms with E-state index in [4.69, 9.17) is 4.74 Å². The van der Waals surface area contributed by atoms with E-state index in [1.807, 2.05) is 6.92 Å². The van der Waals surface area contributed by atoms with Crippen molar-refractivity contribution < 1.29 is 14.3 Å². The highest BCUT2D eigenvalue weighted by Gasteiger charge is 2.45. The number of carbonyl (C=O) groups excluding carboxylic acids is 2. The molecule has 0 aromatic carbocycles. The Kier molecular flexibility index (Phi) is 3.48. The molecule has 2 heterocycles. The average molecular weight is 266 g/mol. The van der Waals surface area contributed by atoms with Gasteiger partial charge in [-0.25, -0.2) is 0 Å². The molecule has 2 amide bonds. The number of rotatable bonds is 3. The van der Waals surface area contributed by atoms with E-state index in [1.54, 1.807) is 4.90 Å². The summed E-state index contributed by atoms with van der Waals surface area (Å²) < 4.78 is 5.35. The highest BCUT2D eigenvalue weighted by molar-refractivity contribution is 5.97. The molecule has 5 nitrogen and oxygen atoms in total. The van der Waals surface area contributed by atoms with Gasteiger partial charge in [0.2, 0.25) is 11.8 Å². The van der Waals surface area contributed by atoms with Crippen LogP contribution in [0.15, 0.2) is 0 Å². The molecule has 106 valence electrons. The van der Waals surface area contributed by atoms with Crippen molar-refractivity contribution in [2.24, 2.45) is 11.8 Å². The lowest BCUT2D eigenvalue weighted by Crippen LogP contribution is -2.63. The molecule has 2 aliphatic heterocycles. The Balaban J connectivity index is 1.68. The molecule has 0 bridgehead atoms. The molecule has 0 spiro atoms. The molecule has 0 aromatic heterocycles. The van der Waals surface area contributed by atoms with Crippen LogP contribution < -0.4 is 5.32 Å². The highest BCUT2D eigenvalue weighted by Crippen LogP contribution is 2.35. The Labute approximate surface area is 113 Å². The summed E-state index contributed by atoms with van der Waals surface area (Å²) in [5.41, 5.74) is 0. The van der Waals surface area contributed by atoms with Crippen molar-refractivity contribution in [1.29, 1.82) is 0 Å². The summed E-state index contributed by atoms with van der Waals surface area (Å²) in [5.74, 6) is 0.983. The van der Waals surface area contributed by atoms with Crippen molar-refractivity contribution >= 4 is 11.8 Å². The molecule has 5 heteroatoms. The Morgan fingerprint density at radius 1 is 1.21 bits per heavy atom. The topological polar surface area (TPSA) is 58.6 Å². The number of hydrogen-bond donors (Lipinski definition) is 1. The van der Waals surface area contributed by atoms with Gasteiger partial charge in [0.1, 0.15) is 12.1 Å². The van der Waals surface area contributed by atoms with Crippen molar-refractivity contribution in [1.82, 2.24) is 10.2 Å². The third-order valence-corrected chi connectivity index (χ3v) is 4.58. The highest BCUT2D eigenvalue weighted by atomic mass is 16.5. The molecular weight excluding hydrogens is 244 g/mol. The summed E-state index contributed by atoms with van der Waals surface area (Å²) in [7, 11) is 0. The van der Waals surface area contributed by atoms with Crippen molar-refractivity contribution in [3.05, 3.63) is 0 Å². The van der Waals surface area contributed by atoms with E-state index in [9.17, 15) is 9.59 Å². The second kappa shape index (κ2) is 5.12. The molecule has 1 aliphatic carbocycles. The van der Waals surface area contributed by atoms with Crippen LogP contribution in [0.2, 0.25) is 0 Å². The normalized spacial score (nSPS) is 33.4. The Bertz CT molecular complexity index is 375. The van der Waals surface area contributed by atoms with Gasteiger partial charge in [-0.2, -0.15) is 0 Å². The standard InChI is InChI=1S/C14H22N2O3/c1-9-13(17)15-12(11-2-3-11)14(18)16(9)8-10-4-6-19-7-5-10/h9-12H,2-8H2,1H3,(H,15,17). The Hall–Kier alpha value is -1.10. The molecule has 2 saturated heterocycles. The van der Waals surface area contributed by atoms with Gasteiger partial charge in [0, 0.05) is 19.8 Å². The van der Waals surface area contributed by atoms with Crippen LogP contribution in [-0.4, -0.2) is 48.6 Å². The van der Waals surface area contributed by atoms with E-state index in [-0.39, 0.29) is 23.9 Å². The predicted molar refractivity (Wildman–Crippen MR) is 69.4 cm³/mol. The van der Waals surface area contributed by atoms with Crippen LogP contribution in [0, 0.1) is 11.8 Å². The molecule has 1 N–H and O–H groups in total. The molecule has 3 rings (SSSR count). The third-order valence-electron chi connectivity index (χ3n) is 4.58. The maximum atomic E-state index is 12.5. The molecular formula is C14H22N2O3. The zero-order valence-electron chi connectivity index (χ0n) is 11.4. The molecule has 2 atom stereocenters. The minimum Gasteiger partial charge on any atom is -0.381 e. The first kappa shape index (κ1) is 12.9. The lowest BCUT2D eigenvalue weighted by molar-refractivity contribution is -0.150. The Morgan fingerprint density at radius 2 is 1.89 bits per heavy atom. The number of nitrogens with zero attached hydrogens (tertiary/aromatic N) is 1. The van der Waals surface area contributed by atoms with Crippen molar-refractivity contribution in [3.8, 4) is 0 Å². The minimum absolute atomic E-state index is 0.00330. The summed E-state index contributed by atoms with van der Waals surface area (Å²) in [4.78, 5) is 26.3. The van der Waals surface area contributed by atoms with E-state index in [0.717, 1.165) is 38.9 Å². The number of amides is 2. The SMILES string of the molecule is CC1C(=O)NC(C2CC2)C(=O)N1CC1CCOCC1. The van der Waals surface area contributed by atoms with Crippen LogP contribution in [-0.2, 0) is 14.3 Å². The molecule has 19 heavy (non-hydrogen) atoms. The van der Waals surface area contributed by atoms with Crippen molar-refractivity contribution in [3.63, 3.8) is 0 Å². The second-order valence-electron chi connectivity index (χ2n) is 6.05. The van der Waals surface area contributed by atoms with Crippen LogP contribution in [0.3, 0.4) is 0 Å². The number of carbonyl (C=O) groups is 2. The van der Waals surface area contributed by atoms with Gasteiger partial charge in [-0.1, -0.05) is 0 Å². The fraction of sp³-hybridized carbons (Fsp3) is 0.857. The monoisotopic (exact) mass is 266 g/mol. The van der Waals surface area contributed by atoms with Crippen molar-refractivity contribution in [2.75, 3.05) is 19.8 Å². The lowest BCUT2D eigenvalue weighted by Gasteiger charge is -2.40. The van der Waals surface area contributed by atoms with Crippen LogP contribution in [0.5, 0.6) is 0 Å². The smallest absolute Gasteiger partial charge is 0.246 e. The first-order valence-electron chi connectivity index (χ1n) is 7.35. The third kappa shape index (κ3) is 2.61. The minimum atomic E-state index is -0.328. The maximum Gasteiger partial charge on any atom is 0.246 e. The first-order valence-corrected chi connectivity index (χ1v) is 7.35. The zero-order valence-corrected chi connectivity index (χ0v) is 11.4. The van der Waals surface area contributed by atoms with E-state index in [0.29, 0.717) is 18.4 Å². The average Bonchev–Trinajstić information content (AvgIpc) is 3.24. The first-order chi connectivity index (χ1) is 9.16. The number of ether oxygens (including phenoxy) is 1. The van der Waals surface area contributed by atoms with Gasteiger partial charge in [-0.15, -0.1) is 0 Å². The molecule has 1 saturated carbocycles. The van der Waals surface area contributed by atoms with E-state index in [2.05, 4.69) is 5.32 Å². The summed E-state index contributed by atoms with van der Waals surface area (Å²) in [5, 5.41) is 2.89. The van der Waals surface area contributed by atoms with Crippen molar-refractivity contribution in [2.45, 2.75) is 44.7 Å². The van der Waals surface area contributed by atoms with Gasteiger partial charge in [-0.3, -0.25) is 9.59 Å². The van der Waals surface area contributed by atoms with Gasteiger partial charge >= 0.3 is 0 Å². The van der Waals surface area contributed by atoms with Crippen LogP contribution >= 0.6 is 0 Å². The second-order valence-corrected chi connectivity index (χ2v) is 6.05. The quantitative estimate of drug-likeness (QED) is 0.811. The van der Waals surface area contributed by atoms with Gasteiger partial charge in [0.25, 0.3) is 0 Å². The maximum absolute atomic E-state index is 12.5. The Morgan fingerprint density at radius 3 is 2.53 bits per heavy atom. The van der Waals surface area contributed by atoms with Crippen LogP contribution in [0.1, 0.15) is 32.6 Å². The summed E-state index contributed by atoms with van der Waals surface area (Å²) in [6.07, 6.45) is 4.12. The van der Waals surface area contributed by atoms with Crippen LogP contribution in [0.4, 0.5) is 0 Å². The van der Waals surface area contributed by atoms with Gasteiger partial charge in [0.05, 0.1) is 0 Å². The van der Waals surface area contributed by atoms with E-state index >= 15 is 0 Å². The zero-order chi connectivity index (χ0) is 13.4. The fourth-order valence-corrected chi connectivity index (χ4v) is 3.05. The lowest BCUT2D eigenvalue weighted by atomic mass is 9.96.